The zero-order chi connectivity index (χ0) is 41.0. The van der Waals surface area contributed by atoms with E-state index in [-0.39, 0.29) is 23.5 Å². The number of benzene rings is 1. The summed E-state index contributed by atoms with van der Waals surface area (Å²) in [6, 6.07) is -3.64. The molecule has 6 atom stereocenters. The van der Waals surface area contributed by atoms with Crippen LogP contribution in [0.15, 0.2) is 24.3 Å². The molecule has 0 aliphatic heterocycles. The molecular weight excluding hydrogens is 696 g/mol. The number of carbonyl (C=O) groups excluding carboxylic acids is 6. The number of aromatic hydroxyl groups is 1. The molecule has 0 heterocycles. The minimum atomic E-state index is -2.19. The molecule has 0 bridgehead atoms. The Morgan fingerprint density at radius 3 is 1.74 bits per heavy atom. The smallest absolute Gasteiger partial charge is 0.326 e. The summed E-state index contributed by atoms with van der Waals surface area (Å²) in [6.07, 6.45) is -2.05. The van der Waals surface area contributed by atoms with Gasteiger partial charge in [0.15, 0.2) is 0 Å². The van der Waals surface area contributed by atoms with Crippen LogP contribution in [0.5, 0.6) is 5.75 Å². The van der Waals surface area contributed by atoms with Gasteiger partial charge in [0.1, 0.15) is 29.9 Å². The number of amides is 5. The van der Waals surface area contributed by atoms with Crippen molar-refractivity contribution in [1.82, 2.24) is 20.9 Å². The lowest BCUT2D eigenvalue weighted by Gasteiger charge is -2.35. The van der Waals surface area contributed by atoms with Gasteiger partial charge in [-0.3, -0.25) is 38.5 Å². The minimum absolute atomic E-state index is 0.0168. The second-order valence-corrected chi connectivity index (χ2v) is 14.6. The summed E-state index contributed by atoms with van der Waals surface area (Å²) >= 11 is 0. The lowest BCUT2D eigenvalue weighted by atomic mass is 9.88. The number of carbonyl (C=O) groups is 8. The molecule has 296 valence electrons. The average Bonchev–Trinajstić information content (AvgIpc) is 3.04. The number of aliphatic carboxylic acids is 2. The Hall–Kier alpha value is -5.10. The molecule has 0 aliphatic rings. The maximum absolute atomic E-state index is 14.4. The van der Waals surface area contributed by atoms with E-state index in [0.717, 1.165) is 7.11 Å². The van der Waals surface area contributed by atoms with Gasteiger partial charge in [0.2, 0.25) is 23.6 Å². The third-order valence-corrected chi connectivity index (χ3v) is 8.03. The quantitative estimate of drug-likeness (QED) is 0.0838. The van der Waals surface area contributed by atoms with Crippen molar-refractivity contribution in [3.8, 4) is 5.75 Å². The van der Waals surface area contributed by atoms with Crippen molar-refractivity contribution in [3.05, 3.63) is 29.8 Å². The molecule has 0 saturated heterocycles. The first kappa shape index (κ1) is 45.9. The van der Waals surface area contributed by atoms with Crippen molar-refractivity contribution in [2.24, 2.45) is 28.7 Å². The first-order chi connectivity index (χ1) is 24.4. The fourth-order valence-corrected chi connectivity index (χ4v) is 5.17. The van der Waals surface area contributed by atoms with E-state index in [1.807, 2.05) is 0 Å². The standard InChI is InChI=1S/C35H54N6O12/c1-17(2)27(39-29(46)21(36)13-19-9-11-20(42)12-10-19)31(48)40-28(18(3)4)33(50)41(32(49)22(37)14-26(45)53-8)24(15-25(43)44)30(47)38-23(34(51)52)16-35(5,6)7/h9-12,17-18,21-24,27-28,42H,13-16,36-37H2,1-8H3,(H,38,47)(H,39,46)(H,40,48)(H,43,44)(H,51,52)/t21-,22-,23-,24-,27-,28-/m0/s1. The van der Waals surface area contributed by atoms with Gasteiger partial charge in [0.25, 0.3) is 5.91 Å². The zero-order valence-corrected chi connectivity index (χ0v) is 31.4. The third kappa shape index (κ3) is 14.8. The number of ether oxygens (including phenoxy) is 1. The Labute approximate surface area is 308 Å². The molecule has 0 fully saturated rings. The van der Waals surface area contributed by atoms with Gasteiger partial charge in [0, 0.05) is 0 Å². The van der Waals surface area contributed by atoms with E-state index in [0.29, 0.717) is 5.56 Å². The molecular formula is C35H54N6O12. The number of methoxy groups -OCH3 is 1. The van der Waals surface area contributed by atoms with Crippen LogP contribution in [-0.4, -0.2) is 111 Å². The van der Waals surface area contributed by atoms with Crippen LogP contribution in [-0.2, 0) is 49.5 Å². The molecule has 0 aliphatic carbocycles. The summed E-state index contributed by atoms with van der Waals surface area (Å²) in [6.45, 7) is 11.3. The Morgan fingerprint density at radius 1 is 0.755 bits per heavy atom. The molecule has 18 heteroatoms. The number of carboxylic acids is 2. The van der Waals surface area contributed by atoms with E-state index >= 15 is 0 Å². The van der Waals surface area contributed by atoms with Crippen molar-refractivity contribution in [2.45, 2.75) is 110 Å². The fraction of sp³-hybridized carbons (Fsp3) is 0.600. The van der Waals surface area contributed by atoms with Crippen LogP contribution in [0.25, 0.3) is 0 Å². The van der Waals surface area contributed by atoms with Crippen molar-refractivity contribution in [3.63, 3.8) is 0 Å². The lowest BCUT2D eigenvalue weighted by Crippen LogP contribution is -2.64. The van der Waals surface area contributed by atoms with Gasteiger partial charge in [-0.2, -0.15) is 0 Å². The molecule has 0 radical (unpaired) electrons. The van der Waals surface area contributed by atoms with Crippen LogP contribution in [0, 0.1) is 17.3 Å². The Kier molecular flexibility index (Phi) is 17.5. The van der Waals surface area contributed by atoms with Crippen molar-refractivity contribution >= 4 is 47.4 Å². The topological polar surface area (TPSA) is 298 Å². The number of rotatable bonds is 19. The first-order valence-corrected chi connectivity index (χ1v) is 17.0. The van der Waals surface area contributed by atoms with E-state index in [1.165, 1.54) is 26.0 Å². The van der Waals surface area contributed by atoms with Gasteiger partial charge < -0.3 is 47.5 Å². The SMILES string of the molecule is COC(=O)C[C@H](N)C(=O)N(C(=O)[C@@H](NC(=O)[C@@H](NC(=O)[C@@H](N)Cc1ccc(O)cc1)C(C)C)C(C)C)[C@@H](CC(=O)O)C(=O)N[C@@H](CC(C)(C)C)C(=O)O. The molecule has 0 unspecified atom stereocenters. The minimum Gasteiger partial charge on any atom is -0.508 e. The second-order valence-electron chi connectivity index (χ2n) is 14.6. The van der Waals surface area contributed by atoms with Crippen molar-refractivity contribution in [2.75, 3.05) is 7.11 Å². The number of nitrogens with zero attached hydrogens (tertiary/aromatic N) is 1. The number of esters is 1. The molecule has 18 nitrogen and oxygen atoms in total. The van der Waals surface area contributed by atoms with E-state index in [4.69, 9.17) is 11.5 Å². The monoisotopic (exact) mass is 750 g/mol. The van der Waals surface area contributed by atoms with Crippen LogP contribution in [0.3, 0.4) is 0 Å². The number of hydrogen-bond acceptors (Lipinski definition) is 12. The fourth-order valence-electron chi connectivity index (χ4n) is 5.17. The molecule has 53 heavy (non-hydrogen) atoms. The first-order valence-electron chi connectivity index (χ1n) is 17.0. The van der Waals surface area contributed by atoms with Crippen molar-refractivity contribution in [1.29, 1.82) is 0 Å². The van der Waals surface area contributed by atoms with E-state index in [2.05, 4.69) is 20.7 Å². The lowest BCUT2D eigenvalue weighted by molar-refractivity contribution is -0.159. The molecule has 5 amide bonds. The van der Waals surface area contributed by atoms with Crippen LogP contribution in [0.4, 0.5) is 0 Å². The van der Waals surface area contributed by atoms with Crippen LogP contribution in [0.2, 0.25) is 0 Å². The molecule has 1 aromatic carbocycles. The largest absolute Gasteiger partial charge is 0.508 e. The summed E-state index contributed by atoms with van der Waals surface area (Å²) < 4.78 is 4.56. The van der Waals surface area contributed by atoms with E-state index < -0.39 is 114 Å². The Morgan fingerprint density at radius 2 is 1.28 bits per heavy atom. The van der Waals surface area contributed by atoms with E-state index in [9.17, 15) is 53.7 Å². The van der Waals surface area contributed by atoms with Gasteiger partial charge in [-0.1, -0.05) is 60.6 Å². The molecule has 10 N–H and O–H groups in total. The van der Waals surface area contributed by atoms with Gasteiger partial charge in [-0.25, -0.2) is 4.79 Å². The van der Waals surface area contributed by atoms with Gasteiger partial charge in [-0.15, -0.1) is 0 Å². The molecule has 0 spiro atoms. The Balaban J connectivity index is 3.60. The zero-order valence-electron chi connectivity index (χ0n) is 31.4. The maximum Gasteiger partial charge on any atom is 0.326 e. The predicted octanol–water partition coefficient (Wildman–Crippen LogP) is -0.362. The molecule has 0 saturated carbocycles. The highest BCUT2D eigenvalue weighted by molar-refractivity contribution is 6.07. The number of hydrogen-bond donors (Lipinski definition) is 8. The van der Waals surface area contributed by atoms with Crippen LogP contribution in [0.1, 0.15) is 73.3 Å². The molecule has 1 aromatic rings. The van der Waals surface area contributed by atoms with Crippen molar-refractivity contribution < 1.29 is 58.4 Å². The second kappa shape index (κ2) is 20.2. The number of carboxylic acid groups (broad SMARTS) is 2. The summed E-state index contributed by atoms with van der Waals surface area (Å²) in [5.74, 6) is -11.1. The average molecular weight is 751 g/mol. The van der Waals surface area contributed by atoms with Crippen LogP contribution >= 0.6 is 0 Å². The normalized spacial score (nSPS) is 14.9. The molecule has 0 aromatic heterocycles. The van der Waals surface area contributed by atoms with Crippen LogP contribution < -0.4 is 27.4 Å². The summed E-state index contributed by atoms with van der Waals surface area (Å²) in [5.41, 5.74) is 12.1. The number of nitrogens with two attached hydrogens (primary N) is 2. The Bertz CT molecular complexity index is 1490. The predicted molar refractivity (Wildman–Crippen MR) is 189 cm³/mol. The number of phenols is 1. The number of imide groups is 1. The highest BCUT2D eigenvalue weighted by atomic mass is 16.5. The summed E-state index contributed by atoms with van der Waals surface area (Å²) in [7, 11) is 1.01. The van der Waals surface area contributed by atoms with Gasteiger partial charge in [-0.05, 0) is 47.8 Å². The highest BCUT2D eigenvalue weighted by Gasteiger charge is 2.44. The maximum atomic E-state index is 14.4. The van der Waals surface area contributed by atoms with Gasteiger partial charge >= 0.3 is 17.9 Å². The number of phenolic OH excluding ortho intramolecular Hbond substituents is 1. The van der Waals surface area contributed by atoms with Gasteiger partial charge in [0.05, 0.1) is 32.0 Å². The third-order valence-electron chi connectivity index (χ3n) is 8.03. The number of nitrogens with one attached hydrogen (secondary N) is 3. The highest BCUT2D eigenvalue weighted by Crippen LogP contribution is 2.22. The molecule has 1 rings (SSSR count). The van der Waals surface area contributed by atoms with E-state index in [1.54, 1.807) is 46.8 Å². The summed E-state index contributed by atoms with van der Waals surface area (Å²) in [5, 5.41) is 36.4. The summed E-state index contributed by atoms with van der Waals surface area (Å²) in [4.78, 5) is 105.